The van der Waals surface area contributed by atoms with Gasteiger partial charge in [-0.2, -0.15) is 0 Å². The van der Waals surface area contributed by atoms with Gasteiger partial charge in [0.15, 0.2) is 0 Å². The summed E-state index contributed by atoms with van der Waals surface area (Å²) in [4.78, 5) is 39.5. The Labute approximate surface area is 136 Å². The average Bonchev–Trinajstić information content (AvgIpc) is 2.75. The molecule has 130 valence electrons. The largest absolute Gasteiger partial charge is 0.355 e. The summed E-state index contributed by atoms with van der Waals surface area (Å²) in [5, 5.41) is 5.72. The normalized spacial score (nSPS) is 20.9. The minimum atomic E-state index is -0.804. The van der Waals surface area contributed by atoms with Crippen molar-refractivity contribution in [3.8, 4) is 0 Å². The molecule has 4 amide bonds. The summed E-state index contributed by atoms with van der Waals surface area (Å²) >= 11 is 0. The molecule has 23 heavy (non-hydrogen) atoms. The highest BCUT2D eigenvalue weighted by Crippen LogP contribution is 2.29. The van der Waals surface area contributed by atoms with Crippen molar-refractivity contribution < 1.29 is 14.4 Å². The van der Waals surface area contributed by atoms with Crippen LogP contribution in [0.4, 0.5) is 4.79 Å². The van der Waals surface area contributed by atoms with Gasteiger partial charge in [0, 0.05) is 32.7 Å². The van der Waals surface area contributed by atoms with Gasteiger partial charge in [0.2, 0.25) is 5.91 Å². The second-order valence-electron chi connectivity index (χ2n) is 6.24. The van der Waals surface area contributed by atoms with Crippen molar-refractivity contribution in [1.29, 1.82) is 0 Å². The van der Waals surface area contributed by atoms with Gasteiger partial charge in [-0.05, 0) is 19.3 Å². The number of nitrogens with zero attached hydrogens (tertiary/aromatic N) is 2. The van der Waals surface area contributed by atoms with Crippen LogP contribution >= 0.6 is 0 Å². The second kappa shape index (κ2) is 7.74. The molecule has 0 unspecified atom stereocenters. The Bertz CT molecular complexity index is 460. The summed E-state index contributed by atoms with van der Waals surface area (Å²) in [5.74, 6) is -0.166. The maximum Gasteiger partial charge on any atom is 0.325 e. The number of hydrogen-bond acceptors (Lipinski definition) is 5. The van der Waals surface area contributed by atoms with E-state index >= 15 is 0 Å². The standard InChI is InChI=1S/C15H27N5O3/c1-2-3-7-17-12(21)11-19-8-4-15(5-9-19)13(22)20(10-6-16)14(23)18-15/h2-11,16H2,1H3,(H,17,21)(H,18,23). The molecule has 0 aromatic carbocycles. The smallest absolute Gasteiger partial charge is 0.325 e. The van der Waals surface area contributed by atoms with Gasteiger partial charge in [-0.15, -0.1) is 0 Å². The van der Waals surface area contributed by atoms with Crippen molar-refractivity contribution in [1.82, 2.24) is 20.4 Å². The fourth-order valence-corrected chi connectivity index (χ4v) is 3.10. The molecule has 4 N–H and O–H groups in total. The molecule has 2 fully saturated rings. The monoisotopic (exact) mass is 325 g/mol. The SMILES string of the molecule is CCCCNC(=O)CN1CCC2(CC1)NC(=O)N(CCN)C2=O. The van der Waals surface area contributed by atoms with E-state index in [1.807, 2.05) is 4.90 Å². The number of piperidine rings is 1. The molecule has 2 heterocycles. The molecule has 0 aromatic rings. The lowest BCUT2D eigenvalue weighted by Gasteiger charge is -2.36. The number of nitrogens with two attached hydrogens (primary N) is 1. The van der Waals surface area contributed by atoms with E-state index in [9.17, 15) is 14.4 Å². The van der Waals surface area contributed by atoms with E-state index in [0.29, 0.717) is 39.0 Å². The van der Waals surface area contributed by atoms with E-state index in [1.54, 1.807) is 0 Å². The van der Waals surface area contributed by atoms with Crippen LogP contribution in [0.3, 0.4) is 0 Å². The van der Waals surface area contributed by atoms with Gasteiger partial charge in [0.05, 0.1) is 6.54 Å². The van der Waals surface area contributed by atoms with E-state index in [4.69, 9.17) is 5.73 Å². The topological polar surface area (TPSA) is 108 Å². The first-order valence-electron chi connectivity index (χ1n) is 8.35. The van der Waals surface area contributed by atoms with Gasteiger partial charge in [0.25, 0.3) is 5.91 Å². The molecule has 8 nitrogen and oxygen atoms in total. The fraction of sp³-hybridized carbons (Fsp3) is 0.800. The molecule has 2 rings (SSSR count). The predicted octanol–water partition coefficient (Wildman–Crippen LogP) is -0.752. The number of carbonyl (C=O) groups is 3. The van der Waals surface area contributed by atoms with E-state index < -0.39 is 5.54 Å². The van der Waals surface area contributed by atoms with E-state index in [-0.39, 0.29) is 30.9 Å². The zero-order valence-corrected chi connectivity index (χ0v) is 13.8. The lowest BCUT2D eigenvalue weighted by Crippen LogP contribution is -2.56. The van der Waals surface area contributed by atoms with Crippen molar-refractivity contribution >= 4 is 17.8 Å². The molecule has 0 radical (unpaired) electrons. The van der Waals surface area contributed by atoms with E-state index in [0.717, 1.165) is 12.8 Å². The molecule has 0 saturated carbocycles. The van der Waals surface area contributed by atoms with Crippen molar-refractivity contribution in [2.45, 2.75) is 38.1 Å². The molecule has 1 spiro atoms. The number of carbonyl (C=O) groups excluding carboxylic acids is 3. The maximum absolute atomic E-state index is 12.5. The minimum absolute atomic E-state index is 0.0148. The number of hydrogen-bond donors (Lipinski definition) is 3. The molecule has 2 aliphatic heterocycles. The Hall–Kier alpha value is -1.67. The summed E-state index contributed by atoms with van der Waals surface area (Å²) in [6, 6.07) is -0.355. The highest BCUT2D eigenvalue weighted by Gasteiger charge is 2.51. The molecule has 0 aliphatic carbocycles. The van der Waals surface area contributed by atoms with Crippen LogP contribution in [0.5, 0.6) is 0 Å². The molecule has 0 bridgehead atoms. The average molecular weight is 325 g/mol. The highest BCUT2D eigenvalue weighted by atomic mass is 16.2. The Balaban J connectivity index is 1.83. The van der Waals surface area contributed by atoms with Crippen LogP contribution in [0, 0.1) is 0 Å². The first-order chi connectivity index (χ1) is 11.0. The first kappa shape index (κ1) is 17.7. The van der Waals surface area contributed by atoms with Crippen LogP contribution in [-0.2, 0) is 9.59 Å². The van der Waals surface area contributed by atoms with E-state index in [2.05, 4.69) is 17.6 Å². The molecular weight excluding hydrogens is 298 g/mol. The Morgan fingerprint density at radius 3 is 2.65 bits per heavy atom. The maximum atomic E-state index is 12.5. The molecular formula is C15H27N5O3. The van der Waals surface area contributed by atoms with Crippen LogP contribution in [0.2, 0.25) is 0 Å². The van der Waals surface area contributed by atoms with Crippen molar-refractivity contribution in [2.75, 3.05) is 39.3 Å². The number of likely N-dealkylation sites (tertiary alicyclic amines) is 1. The van der Waals surface area contributed by atoms with Gasteiger partial charge in [-0.25, -0.2) is 4.79 Å². The summed E-state index contributed by atoms with van der Waals surface area (Å²) < 4.78 is 0. The first-order valence-corrected chi connectivity index (χ1v) is 8.35. The van der Waals surface area contributed by atoms with Crippen LogP contribution < -0.4 is 16.4 Å². The zero-order chi connectivity index (χ0) is 16.9. The molecule has 2 aliphatic rings. The van der Waals surface area contributed by atoms with Gasteiger partial charge >= 0.3 is 6.03 Å². The van der Waals surface area contributed by atoms with Gasteiger partial charge in [0.1, 0.15) is 5.54 Å². The molecule has 2 saturated heterocycles. The summed E-state index contributed by atoms with van der Waals surface area (Å²) in [6.45, 7) is 4.86. The third-order valence-electron chi connectivity index (χ3n) is 4.53. The lowest BCUT2D eigenvalue weighted by molar-refractivity contribution is -0.133. The number of amides is 4. The molecule has 8 heteroatoms. The minimum Gasteiger partial charge on any atom is -0.355 e. The number of nitrogens with one attached hydrogen (secondary N) is 2. The fourth-order valence-electron chi connectivity index (χ4n) is 3.10. The number of rotatable bonds is 7. The quantitative estimate of drug-likeness (QED) is 0.421. The van der Waals surface area contributed by atoms with Crippen molar-refractivity contribution in [3.63, 3.8) is 0 Å². The van der Waals surface area contributed by atoms with Crippen LogP contribution in [0.15, 0.2) is 0 Å². The molecule has 0 atom stereocenters. The van der Waals surface area contributed by atoms with Crippen LogP contribution in [0.25, 0.3) is 0 Å². The zero-order valence-electron chi connectivity index (χ0n) is 13.8. The highest BCUT2D eigenvalue weighted by molar-refractivity contribution is 6.07. The van der Waals surface area contributed by atoms with Crippen LogP contribution in [0.1, 0.15) is 32.6 Å². The third kappa shape index (κ3) is 4.00. The van der Waals surface area contributed by atoms with Crippen molar-refractivity contribution in [3.05, 3.63) is 0 Å². The summed E-state index contributed by atoms with van der Waals surface area (Å²) in [7, 11) is 0. The third-order valence-corrected chi connectivity index (χ3v) is 4.53. The van der Waals surface area contributed by atoms with Crippen molar-refractivity contribution in [2.24, 2.45) is 5.73 Å². The predicted molar refractivity (Wildman–Crippen MR) is 85.6 cm³/mol. The lowest BCUT2D eigenvalue weighted by atomic mass is 9.87. The van der Waals surface area contributed by atoms with Gasteiger partial charge < -0.3 is 16.4 Å². The number of urea groups is 1. The summed E-state index contributed by atoms with van der Waals surface area (Å²) in [6.07, 6.45) is 3.09. The molecule has 0 aromatic heterocycles. The second-order valence-corrected chi connectivity index (χ2v) is 6.24. The number of imide groups is 1. The Morgan fingerprint density at radius 1 is 1.35 bits per heavy atom. The Morgan fingerprint density at radius 2 is 2.04 bits per heavy atom. The van der Waals surface area contributed by atoms with Crippen LogP contribution in [-0.4, -0.2) is 72.5 Å². The summed E-state index contributed by atoms with van der Waals surface area (Å²) in [5.41, 5.74) is 4.65. The Kier molecular flexibility index (Phi) is 5.95. The number of unbranched alkanes of at least 4 members (excludes halogenated alkanes) is 1. The van der Waals surface area contributed by atoms with Gasteiger partial charge in [-0.3, -0.25) is 19.4 Å². The van der Waals surface area contributed by atoms with E-state index in [1.165, 1.54) is 4.90 Å². The van der Waals surface area contributed by atoms with Gasteiger partial charge in [-0.1, -0.05) is 13.3 Å².